The van der Waals surface area contributed by atoms with Gasteiger partial charge < -0.3 is 5.73 Å². The SMILES string of the molecule is Cc1ccc(-c2cncc(CN)n2)c(C)c1. The largest absolute Gasteiger partial charge is 0.325 e. The van der Waals surface area contributed by atoms with Crippen LogP contribution in [0.15, 0.2) is 30.6 Å². The third-order valence-corrected chi connectivity index (χ3v) is 2.55. The van der Waals surface area contributed by atoms with Crippen molar-refractivity contribution in [1.29, 1.82) is 0 Å². The first-order valence-corrected chi connectivity index (χ1v) is 5.29. The first kappa shape index (κ1) is 10.8. The van der Waals surface area contributed by atoms with Crippen LogP contribution in [0.5, 0.6) is 0 Å². The summed E-state index contributed by atoms with van der Waals surface area (Å²) in [4.78, 5) is 8.62. The maximum atomic E-state index is 5.56. The summed E-state index contributed by atoms with van der Waals surface area (Å²) in [6.45, 7) is 4.59. The van der Waals surface area contributed by atoms with E-state index in [1.54, 1.807) is 12.4 Å². The second-order valence-corrected chi connectivity index (χ2v) is 3.92. The highest BCUT2D eigenvalue weighted by atomic mass is 14.8. The van der Waals surface area contributed by atoms with E-state index in [0.29, 0.717) is 6.54 Å². The molecule has 1 heterocycles. The number of aromatic nitrogens is 2. The van der Waals surface area contributed by atoms with Crippen molar-refractivity contribution in [2.75, 3.05) is 0 Å². The summed E-state index contributed by atoms with van der Waals surface area (Å²) in [5.74, 6) is 0. The Morgan fingerprint density at radius 3 is 2.69 bits per heavy atom. The van der Waals surface area contributed by atoms with Crippen molar-refractivity contribution in [2.24, 2.45) is 5.73 Å². The molecule has 0 atom stereocenters. The molecule has 0 aliphatic carbocycles. The Hall–Kier alpha value is -1.74. The quantitative estimate of drug-likeness (QED) is 0.832. The van der Waals surface area contributed by atoms with Crippen molar-refractivity contribution in [3.63, 3.8) is 0 Å². The molecule has 3 nitrogen and oxygen atoms in total. The van der Waals surface area contributed by atoms with Crippen molar-refractivity contribution >= 4 is 0 Å². The Bertz CT molecular complexity index is 506. The maximum Gasteiger partial charge on any atom is 0.0891 e. The summed E-state index contributed by atoms with van der Waals surface area (Å²) in [5.41, 5.74) is 10.8. The van der Waals surface area contributed by atoms with E-state index in [4.69, 9.17) is 5.73 Å². The standard InChI is InChI=1S/C13H15N3/c1-9-3-4-12(10(2)5-9)13-8-15-7-11(6-14)16-13/h3-5,7-8H,6,14H2,1-2H3. The first-order chi connectivity index (χ1) is 7.70. The van der Waals surface area contributed by atoms with E-state index < -0.39 is 0 Å². The van der Waals surface area contributed by atoms with E-state index in [-0.39, 0.29) is 0 Å². The van der Waals surface area contributed by atoms with Gasteiger partial charge in [0.1, 0.15) is 0 Å². The molecule has 0 amide bonds. The highest BCUT2D eigenvalue weighted by Crippen LogP contribution is 2.21. The number of aryl methyl sites for hydroxylation is 2. The Labute approximate surface area is 95.4 Å². The van der Waals surface area contributed by atoms with Gasteiger partial charge in [0.2, 0.25) is 0 Å². The van der Waals surface area contributed by atoms with E-state index in [2.05, 4.69) is 42.0 Å². The number of nitrogens with two attached hydrogens (primary N) is 1. The second-order valence-electron chi connectivity index (χ2n) is 3.92. The zero-order valence-corrected chi connectivity index (χ0v) is 9.57. The summed E-state index contributed by atoms with van der Waals surface area (Å²) in [6, 6.07) is 6.31. The Kier molecular flexibility index (Phi) is 2.97. The molecule has 16 heavy (non-hydrogen) atoms. The highest BCUT2D eigenvalue weighted by molar-refractivity contribution is 5.63. The van der Waals surface area contributed by atoms with Crippen LogP contribution in [0.2, 0.25) is 0 Å². The molecule has 0 radical (unpaired) electrons. The maximum absolute atomic E-state index is 5.56. The van der Waals surface area contributed by atoms with Gasteiger partial charge in [0.15, 0.2) is 0 Å². The van der Waals surface area contributed by atoms with E-state index in [9.17, 15) is 0 Å². The fourth-order valence-corrected chi connectivity index (χ4v) is 1.74. The van der Waals surface area contributed by atoms with Crippen molar-refractivity contribution < 1.29 is 0 Å². The third kappa shape index (κ3) is 2.09. The molecular weight excluding hydrogens is 198 g/mol. The first-order valence-electron chi connectivity index (χ1n) is 5.29. The molecule has 1 aromatic heterocycles. The summed E-state index contributed by atoms with van der Waals surface area (Å²) in [6.07, 6.45) is 3.48. The van der Waals surface area contributed by atoms with Gasteiger partial charge in [-0.3, -0.25) is 4.98 Å². The Morgan fingerprint density at radius 2 is 2.00 bits per heavy atom. The molecule has 0 saturated carbocycles. The predicted molar refractivity (Wildman–Crippen MR) is 64.8 cm³/mol. The monoisotopic (exact) mass is 213 g/mol. The number of benzene rings is 1. The van der Waals surface area contributed by atoms with Gasteiger partial charge in [-0.25, -0.2) is 4.98 Å². The lowest BCUT2D eigenvalue weighted by molar-refractivity contribution is 0.966. The average Bonchev–Trinajstić information content (AvgIpc) is 2.29. The van der Waals surface area contributed by atoms with Crippen molar-refractivity contribution in [3.05, 3.63) is 47.4 Å². The van der Waals surface area contributed by atoms with Crippen LogP contribution in [0.1, 0.15) is 16.8 Å². The van der Waals surface area contributed by atoms with Crippen LogP contribution in [-0.2, 0) is 6.54 Å². The molecule has 2 rings (SSSR count). The van der Waals surface area contributed by atoms with Gasteiger partial charge in [0.05, 0.1) is 17.6 Å². The van der Waals surface area contributed by atoms with Crippen molar-refractivity contribution in [1.82, 2.24) is 9.97 Å². The summed E-state index contributed by atoms with van der Waals surface area (Å²) < 4.78 is 0. The van der Waals surface area contributed by atoms with Crippen LogP contribution >= 0.6 is 0 Å². The smallest absolute Gasteiger partial charge is 0.0891 e. The number of rotatable bonds is 2. The highest BCUT2D eigenvalue weighted by Gasteiger charge is 2.04. The van der Waals surface area contributed by atoms with Gasteiger partial charge in [0.25, 0.3) is 0 Å². The lowest BCUT2D eigenvalue weighted by Gasteiger charge is -2.06. The zero-order chi connectivity index (χ0) is 11.5. The lowest BCUT2D eigenvalue weighted by Crippen LogP contribution is -2.01. The van der Waals surface area contributed by atoms with Gasteiger partial charge in [-0.2, -0.15) is 0 Å². The second kappa shape index (κ2) is 4.41. The molecule has 1 aromatic carbocycles. The number of hydrogen-bond acceptors (Lipinski definition) is 3. The molecule has 82 valence electrons. The van der Waals surface area contributed by atoms with Crippen LogP contribution in [0.25, 0.3) is 11.3 Å². The average molecular weight is 213 g/mol. The molecular formula is C13H15N3. The molecule has 0 saturated heterocycles. The van der Waals surface area contributed by atoms with Crippen LogP contribution in [0, 0.1) is 13.8 Å². The Balaban J connectivity index is 2.49. The zero-order valence-electron chi connectivity index (χ0n) is 9.57. The molecule has 0 aliphatic heterocycles. The van der Waals surface area contributed by atoms with Gasteiger partial charge in [-0.1, -0.05) is 23.8 Å². The molecule has 2 aromatic rings. The summed E-state index contributed by atoms with van der Waals surface area (Å²) in [7, 11) is 0. The normalized spacial score (nSPS) is 10.4. The number of nitrogens with zero attached hydrogens (tertiary/aromatic N) is 2. The van der Waals surface area contributed by atoms with Crippen LogP contribution in [0.3, 0.4) is 0 Å². The van der Waals surface area contributed by atoms with Gasteiger partial charge >= 0.3 is 0 Å². The van der Waals surface area contributed by atoms with E-state index in [1.165, 1.54) is 11.1 Å². The van der Waals surface area contributed by atoms with E-state index in [1.807, 2.05) is 0 Å². The fourth-order valence-electron chi connectivity index (χ4n) is 1.74. The molecule has 0 spiro atoms. The van der Waals surface area contributed by atoms with Crippen LogP contribution in [0.4, 0.5) is 0 Å². The van der Waals surface area contributed by atoms with Crippen LogP contribution in [-0.4, -0.2) is 9.97 Å². The molecule has 0 unspecified atom stereocenters. The van der Waals surface area contributed by atoms with Gasteiger partial charge in [-0.15, -0.1) is 0 Å². The lowest BCUT2D eigenvalue weighted by atomic mass is 10.0. The van der Waals surface area contributed by atoms with E-state index >= 15 is 0 Å². The summed E-state index contributed by atoms with van der Waals surface area (Å²) >= 11 is 0. The molecule has 0 fully saturated rings. The number of hydrogen-bond donors (Lipinski definition) is 1. The third-order valence-electron chi connectivity index (χ3n) is 2.55. The summed E-state index contributed by atoms with van der Waals surface area (Å²) in [5, 5.41) is 0. The molecule has 2 N–H and O–H groups in total. The minimum atomic E-state index is 0.422. The molecule has 0 aliphatic rings. The van der Waals surface area contributed by atoms with E-state index in [0.717, 1.165) is 17.0 Å². The van der Waals surface area contributed by atoms with Crippen molar-refractivity contribution in [3.8, 4) is 11.3 Å². The molecule has 3 heteroatoms. The minimum absolute atomic E-state index is 0.422. The molecule has 0 bridgehead atoms. The topological polar surface area (TPSA) is 51.8 Å². The minimum Gasteiger partial charge on any atom is -0.325 e. The van der Waals surface area contributed by atoms with Crippen molar-refractivity contribution in [2.45, 2.75) is 20.4 Å². The van der Waals surface area contributed by atoms with Crippen LogP contribution < -0.4 is 5.73 Å². The van der Waals surface area contributed by atoms with Gasteiger partial charge in [0, 0.05) is 18.3 Å². The Morgan fingerprint density at radius 1 is 1.19 bits per heavy atom. The fraction of sp³-hybridized carbons (Fsp3) is 0.231. The van der Waals surface area contributed by atoms with Gasteiger partial charge in [-0.05, 0) is 19.4 Å². The predicted octanol–water partition coefficient (Wildman–Crippen LogP) is 2.22.